The summed E-state index contributed by atoms with van der Waals surface area (Å²) in [6.45, 7) is 4.15. The van der Waals surface area contributed by atoms with Gasteiger partial charge in [0.15, 0.2) is 23.2 Å². The molecule has 0 spiro atoms. The van der Waals surface area contributed by atoms with Crippen LogP contribution in [0.25, 0.3) is 11.3 Å². The van der Waals surface area contributed by atoms with Crippen LogP contribution in [0, 0.1) is 24.4 Å². The van der Waals surface area contributed by atoms with Crippen LogP contribution in [0.4, 0.5) is 13.2 Å². The van der Waals surface area contributed by atoms with E-state index in [-0.39, 0.29) is 30.5 Å². The van der Waals surface area contributed by atoms with Gasteiger partial charge in [-0.2, -0.15) is 0 Å². The quantitative estimate of drug-likeness (QED) is 0.605. The predicted octanol–water partition coefficient (Wildman–Crippen LogP) is 4.58. The van der Waals surface area contributed by atoms with Gasteiger partial charge < -0.3 is 9.42 Å². The molecule has 1 aromatic heterocycles. The number of benzene rings is 2. The summed E-state index contributed by atoms with van der Waals surface area (Å²) in [5.41, 5.74) is 3.68. The molecule has 7 heteroatoms. The minimum Gasteiger partial charge on any atom is -0.356 e. The van der Waals surface area contributed by atoms with Gasteiger partial charge in [0.1, 0.15) is 0 Å². The van der Waals surface area contributed by atoms with Gasteiger partial charge in [-0.15, -0.1) is 0 Å². The number of fused-ring (bicyclic) bond motifs is 1. The summed E-state index contributed by atoms with van der Waals surface area (Å²) in [6, 6.07) is 9.36. The van der Waals surface area contributed by atoms with E-state index in [0.29, 0.717) is 12.2 Å². The average Bonchev–Trinajstić information content (AvgIpc) is 3.08. The Labute approximate surface area is 165 Å². The molecule has 2 aromatic carbocycles. The van der Waals surface area contributed by atoms with E-state index in [1.165, 1.54) is 0 Å². The lowest BCUT2D eigenvalue weighted by atomic mass is 9.96. The number of aryl methyl sites for hydroxylation is 1. The molecule has 0 aliphatic carbocycles. The van der Waals surface area contributed by atoms with Crippen LogP contribution in [0.5, 0.6) is 0 Å². The fourth-order valence-electron chi connectivity index (χ4n) is 3.72. The summed E-state index contributed by atoms with van der Waals surface area (Å²) in [6.07, 6.45) is 0.293. The smallest absolute Gasteiger partial charge is 0.227 e. The van der Waals surface area contributed by atoms with Crippen LogP contribution >= 0.6 is 0 Å². The molecule has 0 fully saturated rings. The molecule has 1 amide bonds. The molecule has 0 bridgehead atoms. The second-order valence-corrected chi connectivity index (χ2v) is 7.43. The number of halogens is 3. The minimum absolute atomic E-state index is 0.0913. The Morgan fingerprint density at radius 2 is 1.93 bits per heavy atom. The van der Waals surface area contributed by atoms with Gasteiger partial charge in [0.2, 0.25) is 5.91 Å². The summed E-state index contributed by atoms with van der Waals surface area (Å²) >= 11 is 0. The summed E-state index contributed by atoms with van der Waals surface area (Å²) < 4.78 is 45.7. The summed E-state index contributed by atoms with van der Waals surface area (Å²) in [5, 5.41) is 4.17. The molecule has 4 nitrogen and oxygen atoms in total. The second-order valence-electron chi connectivity index (χ2n) is 7.43. The highest BCUT2D eigenvalue weighted by molar-refractivity contribution is 5.80. The van der Waals surface area contributed by atoms with E-state index >= 15 is 0 Å². The highest BCUT2D eigenvalue weighted by atomic mass is 19.2. The third kappa shape index (κ3) is 3.64. The van der Waals surface area contributed by atoms with Crippen molar-refractivity contribution in [3.63, 3.8) is 0 Å². The molecule has 0 radical (unpaired) electrons. The van der Waals surface area contributed by atoms with Crippen LogP contribution in [0.1, 0.15) is 29.3 Å². The Morgan fingerprint density at radius 1 is 1.21 bits per heavy atom. The van der Waals surface area contributed by atoms with Gasteiger partial charge >= 0.3 is 0 Å². The molecule has 2 heterocycles. The maximum Gasteiger partial charge on any atom is 0.227 e. The molecule has 1 aliphatic rings. The number of aromatic nitrogens is 1. The van der Waals surface area contributed by atoms with Crippen molar-refractivity contribution in [2.24, 2.45) is 0 Å². The monoisotopic (exact) mass is 400 g/mol. The lowest BCUT2D eigenvalue weighted by molar-refractivity contribution is -0.133. The highest BCUT2D eigenvalue weighted by Gasteiger charge is 2.32. The van der Waals surface area contributed by atoms with E-state index in [1.54, 1.807) is 4.90 Å². The topological polar surface area (TPSA) is 46.3 Å². The molecule has 1 aliphatic heterocycles. The first kappa shape index (κ1) is 19.2. The fourth-order valence-corrected chi connectivity index (χ4v) is 3.72. The van der Waals surface area contributed by atoms with Gasteiger partial charge in [-0.3, -0.25) is 4.79 Å². The number of nitrogens with zero attached hydrogens (tertiary/aromatic N) is 2. The number of hydrogen-bond acceptors (Lipinski definition) is 3. The third-order valence-electron chi connectivity index (χ3n) is 5.22. The largest absolute Gasteiger partial charge is 0.356 e. The highest BCUT2D eigenvalue weighted by Crippen LogP contribution is 2.33. The van der Waals surface area contributed by atoms with Crippen LogP contribution in [0.2, 0.25) is 0 Å². The molecular formula is C22H19F3N2O2. The Morgan fingerprint density at radius 3 is 2.62 bits per heavy atom. The maximum atomic E-state index is 13.5. The Balaban J connectivity index is 1.60. The Bertz CT molecular complexity index is 1070. The molecule has 3 aromatic rings. The maximum absolute atomic E-state index is 13.5. The van der Waals surface area contributed by atoms with E-state index < -0.39 is 17.5 Å². The van der Waals surface area contributed by atoms with Gasteiger partial charge in [0.25, 0.3) is 0 Å². The lowest BCUT2D eigenvalue weighted by Gasteiger charge is -2.33. The molecule has 0 saturated carbocycles. The van der Waals surface area contributed by atoms with Crippen LogP contribution in [-0.2, 0) is 24.2 Å². The Kier molecular flexibility index (Phi) is 4.90. The number of rotatable bonds is 3. The van der Waals surface area contributed by atoms with Crippen LogP contribution in [0.3, 0.4) is 0 Å². The molecular weight excluding hydrogens is 381 g/mol. The molecule has 0 saturated heterocycles. The molecule has 0 unspecified atom stereocenters. The first-order valence-electron chi connectivity index (χ1n) is 9.31. The zero-order valence-corrected chi connectivity index (χ0v) is 16.0. The number of amides is 1. The zero-order valence-electron chi connectivity index (χ0n) is 16.0. The van der Waals surface area contributed by atoms with Crippen molar-refractivity contribution in [3.8, 4) is 11.3 Å². The summed E-state index contributed by atoms with van der Waals surface area (Å²) in [7, 11) is 0. The number of hydrogen-bond donors (Lipinski definition) is 0. The van der Waals surface area contributed by atoms with Crippen molar-refractivity contribution in [2.45, 2.75) is 39.3 Å². The van der Waals surface area contributed by atoms with Crippen molar-refractivity contribution >= 4 is 5.91 Å². The molecule has 4 rings (SSSR count). The van der Waals surface area contributed by atoms with Crippen LogP contribution < -0.4 is 0 Å². The Hall–Kier alpha value is -3.09. The van der Waals surface area contributed by atoms with Crippen molar-refractivity contribution in [1.29, 1.82) is 0 Å². The van der Waals surface area contributed by atoms with Gasteiger partial charge in [-0.25, -0.2) is 13.2 Å². The van der Waals surface area contributed by atoms with Crippen molar-refractivity contribution in [3.05, 3.63) is 76.2 Å². The third-order valence-corrected chi connectivity index (χ3v) is 5.22. The van der Waals surface area contributed by atoms with Crippen LogP contribution in [0.15, 0.2) is 40.9 Å². The molecule has 0 N–H and O–H groups in total. The van der Waals surface area contributed by atoms with Gasteiger partial charge in [0, 0.05) is 23.6 Å². The number of carbonyl (C=O) groups is 1. The van der Waals surface area contributed by atoms with E-state index in [2.05, 4.69) is 5.16 Å². The van der Waals surface area contributed by atoms with Crippen molar-refractivity contribution < 1.29 is 22.5 Å². The van der Waals surface area contributed by atoms with E-state index in [9.17, 15) is 18.0 Å². The summed E-state index contributed by atoms with van der Waals surface area (Å²) in [5.74, 6) is -3.83. The molecule has 29 heavy (non-hydrogen) atoms. The van der Waals surface area contributed by atoms with E-state index in [0.717, 1.165) is 34.5 Å². The lowest BCUT2D eigenvalue weighted by Crippen LogP contribution is -2.43. The van der Waals surface area contributed by atoms with Gasteiger partial charge in [-0.1, -0.05) is 28.9 Å². The first-order valence-corrected chi connectivity index (χ1v) is 9.31. The second kappa shape index (κ2) is 7.39. The van der Waals surface area contributed by atoms with Crippen LogP contribution in [-0.4, -0.2) is 22.0 Å². The SMILES string of the molecule is Cc1cccc(-c2onc3c2CN(C(=O)Cc2cc(F)c(F)c(F)c2)[C@@H](C)C3)c1. The van der Waals surface area contributed by atoms with Crippen molar-refractivity contribution in [2.75, 3.05) is 0 Å². The average molecular weight is 400 g/mol. The van der Waals surface area contributed by atoms with E-state index in [4.69, 9.17) is 4.52 Å². The van der Waals surface area contributed by atoms with Crippen molar-refractivity contribution in [1.82, 2.24) is 10.1 Å². The summed E-state index contributed by atoms with van der Waals surface area (Å²) in [4.78, 5) is 14.5. The van der Waals surface area contributed by atoms with Gasteiger partial charge in [0.05, 0.1) is 18.7 Å². The predicted molar refractivity (Wildman–Crippen MR) is 100 cm³/mol. The first-order chi connectivity index (χ1) is 13.8. The minimum atomic E-state index is -1.54. The molecule has 1 atom stereocenters. The standard InChI is InChI=1S/C22H19F3N2O2/c1-12-4-3-5-15(6-12)22-16-11-27(13(2)7-19(16)26-29-22)20(28)10-14-8-17(23)21(25)18(24)9-14/h3-6,8-9,13H,7,10-11H2,1-2H3/t13-/m0/s1. The zero-order chi connectivity index (χ0) is 20.7. The normalized spacial score (nSPS) is 16.0. The van der Waals surface area contributed by atoms with E-state index in [1.807, 2.05) is 38.1 Å². The molecule has 150 valence electrons. The fraction of sp³-hybridized carbons (Fsp3) is 0.273. The van der Waals surface area contributed by atoms with Gasteiger partial charge in [-0.05, 0) is 37.6 Å². The number of carbonyl (C=O) groups excluding carboxylic acids is 1.